The van der Waals surface area contributed by atoms with Crippen LogP contribution in [0.25, 0.3) is 11.3 Å². The summed E-state index contributed by atoms with van der Waals surface area (Å²) >= 11 is 5.07. The van der Waals surface area contributed by atoms with Gasteiger partial charge >= 0.3 is 0 Å². The third-order valence-corrected chi connectivity index (χ3v) is 7.82. The second-order valence-electron chi connectivity index (χ2n) is 9.63. The Hall–Kier alpha value is -4.98. The number of ether oxygens (including phenoxy) is 2. The first-order valence-corrected chi connectivity index (χ1v) is 15.4. The number of nitriles is 1. The Morgan fingerprint density at radius 2 is 1.84 bits per heavy atom. The zero-order chi connectivity index (χ0) is 30.9. The van der Waals surface area contributed by atoms with Crippen molar-refractivity contribution in [2.75, 3.05) is 11.9 Å². The van der Waals surface area contributed by atoms with Crippen molar-refractivity contribution in [3.05, 3.63) is 123 Å². The number of thiazole rings is 1. The maximum Gasteiger partial charge on any atom is 0.271 e. The molecule has 0 saturated heterocycles. The number of hydrazone groups is 1. The third-order valence-electron chi connectivity index (χ3n) is 6.47. The number of carbonyl (C=O) groups is 1. The van der Waals surface area contributed by atoms with Gasteiger partial charge in [0.05, 0.1) is 34.6 Å². The number of hydrogen-bond acceptors (Lipinski definition) is 8. The lowest BCUT2D eigenvalue weighted by molar-refractivity contribution is 0.0955. The summed E-state index contributed by atoms with van der Waals surface area (Å²) in [6.45, 7) is 4.56. The summed E-state index contributed by atoms with van der Waals surface area (Å²) in [5.41, 5.74) is 8.98. The Morgan fingerprint density at radius 3 is 2.59 bits per heavy atom. The summed E-state index contributed by atoms with van der Waals surface area (Å²) in [7, 11) is 0. The molecule has 8 nitrogen and oxygen atoms in total. The Balaban J connectivity index is 1.20. The maximum absolute atomic E-state index is 12.8. The minimum atomic E-state index is -0.340. The molecular formula is C34H28BrN5O3S. The number of nitrogens with one attached hydrogen (secondary N) is 2. The number of aryl methyl sites for hydroxylation is 1. The fourth-order valence-electron chi connectivity index (χ4n) is 4.22. The number of nitrogens with zero attached hydrogens (tertiary/aromatic N) is 3. The van der Waals surface area contributed by atoms with Gasteiger partial charge in [-0.15, -0.1) is 11.3 Å². The molecule has 10 heteroatoms. The van der Waals surface area contributed by atoms with Crippen LogP contribution < -0.4 is 20.2 Å². The van der Waals surface area contributed by atoms with Crippen LogP contribution in [-0.2, 0) is 6.61 Å². The van der Waals surface area contributed by atoms with E-state index in [1.165, 1.54) is 23.1 Å². The van der Waals surface area contributed by atoms with Crippen LogP contribution >= 0.6 is 27.3 Å². The number of hydrogen-bond donors (Lipinski definition) is 2. The molecule has 5 aromatic rings. The van der Waals surface area contributed by atoms with E-state index in [0.717, 1.165) is 27.6 Å². The summed E-state index contributed by atoms with van der Waals surface area (Å²) < 4.78 is 12.5. The van der Waals surface area contributed by atoms with E-state index in [-0.39, 0.29) is 12.5 Å². The Labute approximate surface area is 268 Å². The molecule has 2 N–H and O–H groups in total. The van der Waals surface area contributed by atoms with Crippen molar-refractivity contribution < 1.29 is 14.3 Å². The summed E-state index contributed by atoms with van der Waals surface area (Å²) in [4.78, 5) is 17.4. The Bertz CT molecular complexity index is 1830. The summed E-state index contributed by atoms with van der Waals surface area (Å²) in [6, 6.07) is 28.4. The van der Waals surface area contributed by atoms with Gasteiger partial charge < -0.3 is 14.8 Å². The summed E-state index contributed by atoms with van der Waals surface area (Å²) in [6.07, 6.45) is 1.53. The number of halogens is 1. The first-order chi connectivity index (χ1) is 21.4. The zero-order valence-electron chi connectivity index (χ0n) is 24.0. The molecule has 0 radical (unpaired) electrons. The number of anilines is 2. The molecule has 0 spiro atoms. The van der Waals surface area contributed by atoms with E-state index in [1.807, 2.05) is 73.0 Å². The van der Waals surface area contributed by atoms with Crippen molar-refractivity contribution in [3.8, 4) is 28.8 Å². The molecule has 0 unspecified atom stereocenters. The van der Waals surface area contributed by atoms with Gasteiger partial charge in [-0.3, -0.25) is 4.79 Å². The fourth-order valence-corrected chi connectivity index (χ4v) is 5.53. The quantitative estimate of drug-likeness (QED) is 0.109. The minimum Gasteiger partial charge on any atom is -0.490 e. The molecule has 0 aliphatic heterocycles. The van der Waals surface area contributed by atoms with Gasteiger partial charge in [-0.2, -0.15) is 10.4 Å². The molecule has 0 aliphatic carbocycles. The lowest BCUT2D eigenvalue weighted by Gasteiger charge is -2.15. The largest absolute Gasteiger partial charge is 0.490 e. The highest BCUT2D eigenvalue weighted by atomic mass is 79.9. The lowest BCUT2D eigenvalue weighted by atomic mass is 10.1. The van der Waals surface area contributed by atoms with Gasteiger partial charge in [-0.05, 0) is 77.8 Å². The van der Waals surface area contributed by atoms with E-state index >= 15 is 0 Å². The van der Waals surface area contributed by atoms with Crippen LogP contribution in [0.2, 0.25) is 0 Å². The Kier molecular flexibility index (Phi) is 10.0. The third kappa shape index (κ3) is 7.69. The van der Waals surface area contributed by atoms with Crippen molar-refractivity contribution in [1.29, 1.82) is 5.26 Å². The molecule has 5 rings (SSSR count). The van der Waals surface area contributed by atoms with Crippen LogP contribution in [-0.4, -0.2) is 23.7 Å². The smallest absolute Gasteiger partial charge is 0.271 e. The minimum absolute atomic E-state index is 0.207. The molecule has 0 saturated carbocycles. The van der Waals surface area contributed by atoms with Crippen LogP contribution in [0.4, 0.5) is 10.8 Å². The first-order valence-electron chi connectivity index (χ1n) is 13.7. The number of rotatable bonds is 11. The van der Waals surface area contributed by atoms with Crippen LogP contribution in [0.1, 0.15) is 39.5 Å². The highest BCUT2D eigenvalue weighted by Crippen LogP contribution is 2.37. The molecule has 4 aromatic carbocycles. The highest BCUT2D eigenvalue weighted by Gasteiger charge is 2.14. The predicted molar refractivity (Wildman–Crippen MR) is 178 cm³/mol. The van der Waals surface area contributed by atoms with Crippen molar-refractivity contribution in [1.82, 2.24) is 10.4 Å². The van der Waals surface area contributed by atoms with E-state index < -0.39 is 0 Å². The molecule has 0 aliphatic rings. The average molecular weight is 667 g/mol. The molecular weight excluding hydrogens is 638 g/mol. The van der Waals surface area contributed by atoms with Gasteiger partial charge in [0, 0.05) is 27.8 Å². The number of carbonyl (C=O) groups excluding carboxylic acids is 1. The van der Waals surface area contributed by atoms with E-state index in [1.54, 1.807) is 24.3 Å². The fraction of sp³-hybridized carbons (Fsp3) is 0.118. The van der Waals surface area contributed by atoms with E-state index in [9.17, 15) is 10.1 Å². The van der Waals surface area contributed by atoms with Crippen LogP contribution in [0.5, 0.6) is 11.5 Å². The van der Waals surface area contributed by atoms with Gasteiger partial charge in [0.25, 0.3) is 5.91 Å². The monoisotopic (exact) mass is 665 g/mol. The molecule has 0 bridgehead atoms. The topological polar surface area (TPSA) is 109 Å². The van der Waals surface area contributed by atoms with E-state index in [0.29, 0.717) is 39.3 Å². The van der Waals surface area contributed by atoms with Crippen molar-refractivity contribution >= 4 is 50.2 Å². The van der Waals surface area contributed by atoms with Crippen molar-refractivity contribution in [3.63, 3.8) is 0 Å². The summed E-state index contributed by atoms with van der Waals surface area (Å²) in [5.74, 6) is 0.686. The lowest BCUT2D eigenvalue weighted by Crippen LogP contribution is -2.17. The second-order valence-corrected chi connectivity index (χ2v) is 11.3. The van der Waals surface area contributed by atoms with Gasteiger partial charge in [0.2, 0.25) is 0 Å². The molecule has 1 aromatic heterocycles. The summed E-state index contributed by atoms with van der Waals surface area (Å²) in [5, 5.41) is 19.6. The van der Waals surface area contributed by atoms with Gasteiger partial charge in [0.15, 0.2) is 16.6 Å². The van der Waals surface area contributed by atoms with Crippen LogP contribution in [0, 0.1) is 18.3 Å². The highest BCUT2D eigenvalue weighted by molar-refractivity contribution is 9.10. The van der Waals surface area contributed by atoms with Gasteiger partial charge in [0.1, 0.15) is 6.61 Å². The number of aromatic nitrogens is 1. The Morgan fingerprint density at radius 1 is 1.07 bits per heavy atom. The molecule has 1 heterocycles. The van der Waals surface area contributed by atoms with Crippen LogP contribution in [0.15, 0.2) is 99.9 Å². The number of benzene rings is 4. The van der Waals surface area contributed by atoms with Gasteiger partial charge in [-0.1, -0.05) is 48.0 Å². The van der Waals surface area contributed by atoms with E-state index in [2.05, 4.69) is 49.8 Å². The molecule has 44 heavy (non-hydrogen) atoms. The van der Waals surface area contributed by atoms with E-state index in [4.69, 9.17) is 9.47 Å². The average Bonchev–Trinajstić information content (AvgIpc) is 3.50. The zero-order valence-corrected chi connectivity index (χ0v) is 26.4. The predicted octanol–water partition coefficient (Wildman–Crippen LogP) is 8.24. The maximum atomic E-state index is 12.8. The SMILES string of the molecule is CCOc1cc(/C=N\NC(=O)c2ccc(-c3csc(Nc4ccc(C)cc4)n3)cc2)cc(Br)c1OCc1ccccc1C#N. The van der Waals surface area contributed by atoms with Crippen molar-refractivity contribution in [2.24, 2.45) is 5.10 Å². The van der Waals surface area contributed by atoms with Crippen LogP contribution in [0.3, 0.4) is 0 Å². The molecule has 220 valence electrons. The number of amides is 1. The van der Waals surface area contributed by atoms with Crippen molar-refractivity contribution in [2.45, 2.75) is 20.5 Å². The van der Waals surface area contributed by atoms with Gasteiger partial charge in [-0.25, -0.2) is 10.4 Å². The molecule has 0 fully saturated rings. The first kappa shape index (κ1) is 30.5. The normalized spacial score (nSPS) is 10.8. The second kappa shape index (κ2) is 14.5. The standard InChI is InChI=1S/C34H28BrN5O3S/c1-3-42-31-17-23(16-29(35)32(31)43-20-27-7-5-4-6-26(27)18-36)19-37-40-33(41)25-12-10-24(11-13-25)30-21-44-34(39-30)38-28-14-8-22(2)9-15-28/h4-17,19,21H,3,20H2,1-2H3,(H,38,39)(H,40,41)/b37-19-. The molecule has 1 amide bonds. The molecule has 0 atom stereocenters.